The Morgan fingerprint density at radius 1 is 0.500 bits per heavy atom. The van der Waals surface area contributed by atoms with Crippen molar-refractivity contribution in [1.82, 2.24) is 15.0 Å². The van der Waals surface area contributed by atoms with Gasteiger partial charge in [0.2, 0.25) is 0 Å². The molecule has 0 saturated carbocycles. The molecule has 0 saturated heterocycles. The SMILES string of the molecule is [2H]C([2H])(c1ccc(-c2[c-]cc(-c3ccccc3-c3cc(CCc4c[c-]c(-c5ccccn5)cc4)cc(CCc4c[c-]c(-c5ccccn5)cc4)c3)c(-c3ccc(-c4cc(C)c(C#N)cc4F)cc3)c2)nc1)C(C)(C)C.[Ir+3]. The maximum Gasteiger partial charge on any atom is 3.00 e. The van der Waals surface area contributed by atoms with Gasteiger partial charge in [-0.25, -0.2) is 4.39 Å². The molecule has 6 heteroatoms. The predicted molar refractivity (Wildman–Crippen MR) is 295 cm³/mol. The Morgan fingerprint density at radius 2 is 1.04 bits per heavy atom. The van der Waals surface area contributed by atoms with E-state index in [0.29, 0.717) is 33.5 Å². The van der Waals surface area contributed by atoms with Crippen LogP contribution in [0.25, 0.3) is 78.3 Å². The Balaban J connectivity index is 0.00000706. The van der Waals surface area contributed by atoms with Gasteiger partial charge in [0.05, 0.1) is 11.6 Å². The monoisotopic (exact) mass is 1140 g/mol. The molecule has 0 bridgehead atoms. The maximum absolute atomic E-state index is 15.5. The minimum absolute atomic E-state index is 0. The van der Waals surface area contributed by atoms with Crippen LogP contribution in [-0.2, 0) is 52.2 Å². The molecular weight excluding hydrogens is 1080 g/mol. The van der Waals surface area contributed by atoms with Crippen molar-refractivity contribution in [3.8, 4) is 84.3 Å². The van der Waals surface area contributed by atoms with E-state index in [4.69, 9.17) is 7.73 Å². The van der Waals surface area contributed by atoms with Crippen molar-refractivity contribution in [2.45, 2.75) is 59.8 Å². The van der Waals surface area contributed by atoms with E-state index >= 15 is 4.39 Å². The number of rotatable bonds is 14. The zero-order valence-electron chi connectivity index (χ0n) is 43.8. The Hall–Kier alpha value is -7.94. The second-order valence-corrected chi connectivity index (χ2v) is 19.6. The smallest absolute Gasteiger partial charge is 0.305 e. The zero-order valence-corrected chi connectivity index (χ0v) is 44.2. The van der Waals surface area contributed by atoms with Crippen LogP contribution in [0.1, 0.15) is 62.5 Å². The first-order chi connectivity index (χ1) is 36.3. The first-order valence-corrected chi connectivity index (χ1v) is 24.7. The zero-order chi connectivity index (χ0) is 52.1. The van der Waals surface area contributed by atoms with E-state index < -0.39 is 17.6 Å². The van der Waals surface area contributed by atoms with Crippen LogP contribution in [0.5, 0.6) is 0 Å². The fraction of sp³-hybridized carbons (Fsp3) is 0.147. The molecule has 0 amide bonds. The molecule has 7 aromatic carbocycles. The number of aromatic nitrogens is 3. The van der Waals surface area contributed by atoms with Crippen LogP contribution in [0.4, 0.5) is 4.39 Å². The van der Waals surface area contributed by atoms with Gasteiger partial charge in [-0.3, -0.25) is 0 Å². The summed E-state index contributed by atoms with van der Waals surface area (Å²) in [4.78, 5) is 13.8. The molecule has 0 unspecified atom stereocenters. The quantitative estimate of drug-likeness (QED) is 0.102. The summed E-state index contributed by atoms with van der Waals surface area (Å²) in [7, 11) is 0. The van der Waals surface area contributed by atoms with E-state index in [1.54, 1.807) is 24.7 Å². The molecule has 0 aliphatic rings. The van der Waals surface area contributed by atoms with E-state index in [9.17, 15) is 5.26 Å². The summed E-state index contributed by atoms with van der Waals surface area (Å²) in [6, 6.07) is 71.4. The van der Waals surface area contributed by atoms with Crippen molar-refractivity contribution < 1.29 is 27.2 Å². The molecule has 0 aliphatic heterocycles. The number of benzene rings is 7. The third-order valence-corrected chi connectivity index (χ3v) is 13.1. The van der Waals surface area contributed by atoms with Crippen molar-refractivity contribution in [2.75, 3.05) is 0 Å². The van der Waals surface area contributed by atoms with Gasteiger partial charge in [-0.1, -0.05) is 153 Å². The standard InChI is InChI=1S/C68H54FN4.Ir/c1-46-37-63(64(69)42-58(46)44-70)53-30-28-52(29-31-53)62-41-56(67-34-23-51(45-73-67)43-68(2,3)4)32-33-61(62)60-12-6-5-11-59(60)57-39-49(17-15-47-19-24-54(25-20-47)65-13-7-9-35-71-65)38-50(40-57)18-16-48-21-26-55(27-22-48)66-14-8-10-36-72-66;/h5-14,19-24,26,28-31,33-42,45H,15-18,43H2,1-4H3;/q-3;+3/i43D2;. The average Bonchev–Trinajstić information content (AvgIpc) is 3.48. The molecule has 0 aliphatic carbocycles. The fourth-order valence-electron chi connectivity index (χ4n) is 9.36. The van der Waals surface area contributed by atoms with Crippen molar-refractivity contribution in [3.63, 3.8) is 0 Å². The third-order valence-electron chi connectivity index (χ3n) is 13.1. The van der Waals surface area contributed by atoms with Gasteiger partial charge in [-0.05, 0) is 117 Å². The molecule has 10 rings (SSSR count). The molecule has 3 heterocycles. The minimum atomic E-state index is -1.60. The Kier molecular flexibility index (Phi) is 14.9. The van der Waals surface area contributed by atoms with Crippen molar-refractivity contribution >= 4 is 0 Å². The summed E-state index contributed by atoms with van der Waals surface area (Å²) in [5, 5.41) is 9.56. The average molecular weight is 1140 g/mol. The molecule has 0 N–H and O–H groups in total. The van der Waals surface area contributed by atoms with Gasteiger partial charge in [0.1, 0.15) is 5.82 Å². The number of aryl methyl sites for hydroxylation is 5. The molecule has 362 valence electrons. The van der Waals surface area contributed by atoms with Gasteiger partial charge in [0.15, 0.2) is 0 Å². The first kappa shape index (κ1) is 48.3. The molecule has 10 aromatic rings. The summed E-state index contributed by atoms with van der Waals surface area (Å²) in [5.41, 5.74) is 18.1. The molecule has 0 spiro atoms. The number of pyridine rings is 3. The minimum Gasteiger partial charge on any atom is -0.305 e. The van der Waals surface area contributed by atoms with E-state index in [1.165, 1.54) is 28.3 Å². The normalized spacial score (nSPS) is 11.8. The van der Waals surface area contributed by atoms with Crippen molar-refractivity contribution in [1.29, 1.82) is 5.26 Å². The third kappa shape index (κ3) is 12.1. The van der Waals surface area contributed by atoms with Crippen LogP contribution in [0.3, 0.4) is 0 Å². The van der Waals surface area contributed by atoms with Crippen LogP contribution in [0.15, 0.2) is 195 Å². The molecule has 3 aromatic heterocycles. The Bertz CT molecular complexity index is 3560. The van der Waals surface area contributed by atoms with Crippen LogP contribution in [-0.4, -0.2) is 15.0 Å². The Labute approximate surface area is 451 Å². The van der Waals surface area contributed by atoms with Gasteiger partial charge in [0, 0.05) is 26.9 Å². The number of halogens is 1. The van der Waals surface area contributed by atoms with Crippen LogP contribution in [0, 0.1) is 47.7 Å². The molecule has 0 fully saturated rings. The van der Waals surface area contributed by atoms with Gasteiger partial charge < -0.3 is 15.0 Å². The number of hydrogen-bond donors (Lipinski definition) is 0. The summed E-state index contributed by atoms with van der Waals surface area (Å²) in [6.45, 7) is 7.50. The van der Waals surface area contributed by atoms with Gasteiger partial charge in [-0.2, -0.15) is 5.26 Å². The molecular formula is C68H54FIrN4. The Morgan fingerprint density at radius 3 is 1.57 bits per heavy atom. The fourth-order valence-corrected chi connectivity index (χ4v) is 9.36. The predicted octanol–water partition coefficient (Wildman–Crippen LogP) is 16.4. The van der Waals surface area contributed by atoms with Gasteiger partial charge >= 0.3 is 20.1 Å². The van der Waals surface area contributed by atoms with E-state index in [2.05, 4.69) is 119 Å². The molecule has 0 radical (unpaired) electrons. The van der Waals surface area contributed by atoms with Crippen LogP contribution >= 0.6 is 0 Å². The maximum atomic E-state index is 15.5. The summed E-state index contributed by atoms with van der Waals surface area (Å²) >= 11 is 0. The largest absolute Gasteiger partial charge is 3.00 e. The van der Waals surface area contributed by atoms with Gasteiger partial charge in [-0.15, -0.1) is 94.5 Å². The van der Waals surface area contributed by atoms with E-state index in [-0.39, 0.29) is 20.1 Å². The van der Waals surface area contributed by atoms with E-state index in [1.807, 2.05) is 107 Å². The number of nitrogens with zero attached hydrogens (tertiary/aromatic N) is 4. The number of hydrogen-bond acceptors (Lipinski definition) is 4. The second-order valence-electron chi connectivity index (χ2n) is 19.6. The summed E-state index contributed by atoms with van der Waals surface area (Å²) in [6.07, 6.45) is 6.98. The van der Waals surface area contributed by atoms with Crippen molar-refractivity contribution in [2.24, 2.45) is 5.41 Å². The number of nitriles is 1. The molecule has 74 heavy (non-hydrogen) atoms. The second kappa shape index (κ2) is 22.9. The summed E-state index contributed by atoms with van der Waals surface area (Å²) < 4.78 is 33.3. The van der Waals surface area contributed by atoms with Gasteiger partial charge in [0.25, 0.3) is 0 Å². The first-order valence-electron chi connectivity index (χ1n) is 25.7. The van der Waals surface area contributed by atoms with Crippen LogP contribution in [0.2, 0.25) is 0 Å². The summed E-state index contributed by atoms with van der Waals surface area (Å²) in [5.74, 6) is -0.447. The molecule has 0 atom stereocenters. The van der Waals surface area contributed by atoms with E-state index in [0.717, 1.165) is 87.1 Å². The topological polar surface area (TPSA) is 62.5 Å². The van der Waals surface area contributed by atoms with Crippen LogP contribution < -0.4 is 0 Å². The van der Waals surface area contributed by atoms with Crippen molar-refractivity contribution in [3.05, 3.63) is 257 Å². The molecule has 4 nitrogen and oxygen atoms in total.